The van der Waals surface area contributed by atoms with Crippen LogP contribution in [0, 0.1) is 23.2 Å². The third kappa shape index (κ3) is 4.64. The van der Waals surface area contributed by atoms with Crippen LogP contribution in [0.15, 0.2) is 18.2 Å². The SMILES string of the molecule is CCCC[C@@H]1Cc2cc(OC(=O)N3CCC(N(C)C)CC3)ccc2[C@H]2CC[C@]3(C)[C@@H](O)CC[C@H]3[C@H]12. The van der Waals surface area contributed by atoms with Crippen molar-refractivity contribution in [3.63, 3.8) is 0 Å². The van der Waals surface area contributed by atoms with Crippen molar-refractivity contribution in [1.82, 2.24) is 9.80 Å². The van der Waals surface area contributed by atoms with E-state index in [1.807, 2.05) is 11.0 Å². The monoisotopic (exact) mass is 482 g/mol. The minimum Gasteiger partial charge on any atom is -0.410 e. The van der Waals surface area contributed by atoms with Crippen LogP contribution in [0.3, 0.4) is 0 Å². The Morgan fingerprint density at radius 2 is 1.94 bits per heavy atom. The van der Waals surface area contributed by atoms with Gasteiger partial charge in [0.2, 0.25) is 0 Å². The van der Waals surface area contributed by atoms with Gasteiger partial charge in [0.05, 0.1) is 6.10 Å². The number of nitrogens with zero attached hydrogens (tertiary/aromatic N) is 2. The van der Waals surface area contributed by atoms with Gasteiger partial charge < -0.3 is 19.6 Å². The first-order chi connectivity index (χ1) is 16.8. The van der Waals surface area contributed by atoms with E-state index < -0.39 is 0 Å². The van der Waals surface area contributed by atoms with Crippen molar-refractivity contribution >= 4 is 6.09 Å². The summed E-state index contributed by atoms with van der Waals surface area (Å²) in [5, 5.41) is 10.8. The van der Waals surface area contributed by atoms with Gasteiger partial charge in [-0.25, -0.2) is 4.79 Å². The molecular formula is C30H46N2O3. The number of fused-ring (bicyclic) bond motifs is 5. The fraction of sp³-hybridized carbons (Fsp3) is 0.767. The lowest BCUT2D eigenvalue weighted by molar-refractivity contribution is -0.0395. The Bertz CT molecular complexity index is 909. The Morgan fingerprint density at radius 1 is 1.17 bits per heavy atom. The average molecular weight is 483 g/mol. The van der Waals surface area contributed by atoms with Gasteiger partial charge in [0.1, 0.15) is 5.75 Å². The summed E-state index contributed by atoms with van der Waals surface area (Å²) in [5.74, 6) is 3.26. The molecule has 1 amide bonds. The minimum atomic E-state index is -0.202. The van der Waals surface area contributed by atoms with Crippen LogP contribution in [-0.2, 0) is 6.42 Å². The number of rotatable bonds is 5. The van der Waals surface area contributed by atoms with E-state index in [2.05, 4.69) is 45.0 Å². The molecule has 5 rings (SSSR count). The van der Waals surface area contributed by atoms with Crippen molar-refractivity contribution in [1.29, 1.82) is 0 Å². The summed E-state index contributed by atoms with van der Waals surface area (Å²) in [7, 11) is 4.23. The summed E-state index contributed by atoms with van der Waals surface area (Å²) < 4.78 is 5.91. The van der Waals surface area contributed by atoms with Crippen molar-refractivity contribution in [3.8, 4) is 5.75 Å². The Kier molecular flexibility index (Phi) is 7.20. The van der Waals surface area contributed by atoms with Crippen LogP contribution >= 0.6 is 0 Å². The Labute approximate surface area is 212 Å². The number of carbonyl (C=O) groups is 1. The van der Waals surface area contributed by atoms with Crippen LogP contribution in [0.1, 0.15) is 88.7 Å². The molecule has 5 heteroatoms. The number of piperidine rings is 1. The third-order valence-electron chi connectivity index (χ3n) is 10.4. The molecule has 5 nitrogen and oxygen atoms in total. The zero-order valence-electron chi connectivity index (χ0n) is 22.3. The second kappa shape index (κ2) is 10.0. The molecular weight excluding hydrogens is 436 g/mol. The average Bonchev–Trinajstić information content (AvgIpc) is 3.16. The first kappa shape index (κ1) is 25.1. The molecule has 6 atom stereocenters. The fourth-order valence-electron chi connectivity index (χ4n) is 8.28. The van der Waals surface area contributed by atoms with Gasteiger partial charge in [0.25, 0.3) is 0 Å². The number of aliphatic hydroxyl groups excluding tert-OH is 1. The molecule has 0 bridgehead atoms. The quantitative estimate of drug-likeness (QED) is 0.572. The van der Waals surface area contributed by atoms with E-state index in [1.165, 1.54) is 43.2 Å². The van der Waals surface area contributed by atoms with Crippen LogP contribution in [0.2, 0.25) is 0 Å². The molecule has 1 aromatic carbocycles. The Hall–Kier alpha value is -1.59. The first-order valence-electron chi connectivity index (χ1n) is 14.3. The molecule has 1 saturated heterocycles. The molecule has 2 saturated carbocycles. The van der Waals surface area contributed by atoms with E-state index in [9.17, 15) is 9.90 Å². The minimum absolute atomic E-state index is 0.0959. The molecule has 0 unspecified atom stereocenters. The van der Waals surface area contributed by atoms with Crippen molar-refractivity contribution in [3.05, 3.63) is 29.3 Å². The number of aliphatic hydroxyl groups is 1. The zero-order chi connectivity index (χ0) is 24.7. The van der Waals surface area contributed by atoms with Gasteiger partial charge in [-0.3, -0.25) is 0 Å². The molecule has 0 aromatic heterocycles. The van der Waals surface area contributed by atoms with Crippen molar-refractivity contribution in [2.45, 2.75) is 96.1 Å². The molecule has 1 heterocycles. The zero-order valence-corrected chi connectivity index (χ0v) is 22.3. The van der Waals surface area contributed by atoms with Crippen LogP contribution in [0.4, 0.5) is 4.79 Å². The lowest BCUT2D eigenvalue weighted by atomic mass is 9.52. The van der Waals surface area contributed by atoms with Gasteiger partial charge in [0, 0.05) is 19.1 Å². The van der Waals surface area contributed by atoms with Crippen molar-refractivity contribution < 1.29 is 14.6 Å². The molecule has 194 valence electrons. The van der Waals surface area contributed by atoms with Gasteiger partial charge >= 0.3 is 6.09 Å². The van der Waals surface area contributed by atoms with Crippen LogP contribution < -0.4 is 4.74 Å². The standard InChI is InChI=1S/C30H46N2O3/c1-5-6-7-20-18-21-19-23(35-29(34)32-16-13-22(14-17-32)31(3)4)8-9-24(21)25-12-15-30(2)26(28(20)25)10-11-27(30)33/h8-9,19-20,22,25-28,33H,5-7,10-18H2,1-4H3/t20-,25-,26+,27+,28-,30+/m1/s1. The smallest absolute Gasteiger partial charge is 0.410 e. The second-order valence-corrected chi connectivity index (χ2v) is 12.4. The topological polar surface area (TPSA) is 53.0 Å². The maximum absolute atomic E-state index is 12.9. The largest absolute Gasteiger partial charge is 0.415 e. The number of hydrogen-bond acceptors (Lipinski definition) is 4. The Morgan fingerprint density at radius 3 is 2.66 bits per heavy atom. The molecule has 1 N–H and O–H groups in total. The van der Waals surface area contributed by atoms with Gasteiger partial charge in [-0.15, -0.1) is 0 Å². The summed E-state index contributed by atoms with van der Waals surface area (Å²) >= 11 is 0. The maximum Gasteiger partial charge on any atom is 0.415 e. The number of ether oxygens (including phenoxy) is 1. The van der Waals surface area contributed by atoms with Crippen LogP contribution in [-0.4, -0.2) is 60.3 Å². The number of likely N-dealkylation sites (tertiary alicyclic amines) is 1. The van der Waals surface area contributed by atoms with Gasteiger partial charge in [-0.1, -0.05) is 32.8 Å². The van der Waals surface area contributed by atoms with Gasteiger partial charge in [-0.05, 0) is 118 Å². The molecule has 4 aliphatic rings. The summed E-state index contributed by atoms with van der Waals surface area (Å²) in [6.45, 7) is 6.18. The molecule has 0 spiro atoms. The fourth-order valence-corrected chi connectivity index (χ4v) is 8.28. The maximum atomic E-state index is 12.9. The predicted molar refractivity (Wildman–Crippen MR) is 140 cm³/mol. The second-order valence-electron chi connectivity index (χ2n) is 12.4. The molecule has 35 heavy (non-hydrogen) atoms. The lowest BCUT2D eigenvalue weighted by Crippen LogP contribution is -2.47. The molecule has 3 fully saturated rings. The van der Waals surface area contributed by atoms with Crippen LogP contribution in [0.5, 0.6) is 5.75 Å². The highest BCUT2D eigenvalue weighted by Crippen LogP contribution is 2.62. The normalized spacial score (nSPS) is 34.9. The summed E-state index contributed by atoms with van der Waals surface area (Å²) in [6, 6.07) is 7.02. The van der Waals surface area contributed by atoms with Gasteiger partial charge in [0.15, 0.2) is 0 Å². The first-order valence-corrected chi connectivity index (χ1v) is 14.3. The van der Waals surface area contributed by atoms with E-state index in [4.69, 9.17) is 4.74 Å². The number of benzene rings is 1. The van der Waals surface area contributed by atoms with Crippen molar-refractivity contribution in [2.24, 2.45) is 23.2 Å². The summed E-state index contributed by atoms with van der Waals surface area (Å²) in [6.07, 6.45) is 11.0. The summed E-state index contributed by atoms with van der Waals surface area (Å²) in [4.78, 5) is 17.0. The van der Waals surface area contributed by atoms with Crippen LogP contribution in [0.25, 0.3) is 0 Å². The number of carbonyl (C=O) groups excluding carboxylic acids is 1. The lowest BCUT2D eigenvalue weighted by Gasteiger charge is -2.53. The highest BCUT2D eigenvalue weighted by Gasteiger charge is 2.56. The highest BCUT2D eigenvalue weighted by molar-refractivity contribution is 5.71. The van der Waals surface area contributed by atoms with E-state index >= 15 is 0 Å². The van der Waals surface area contributed by atoms with Gasteiger partial charge in [-0.2, -0.15) is 0 Å². The van der Waals surface area contributed by atoms with E-state index in [0.717, 1.165) is 45.2 Å². The number of unbranched alkanes of at least 4 members (excludes halogenated alkanes) is 1. The van der Waals surface area contributed by atoms with E-state index in [-0.39, 0.29) is 17.6 Å². The number of hydrogen-bond donors (Lipinski definition) is 1. The van der Waals surface area contributed by atoms with E-state index in [1.54, 1.807) is 0 Å². The molecule has 0 radical (unpaired) electrons. The van der Waals surface area contributed by atoms with Crippen molar-refractivity contribution in [2.75, 3.05) is 27.2 Å². The van der Waals surface area contributed by atoms with E-state index in [0.29, 0.717) is 35.5 Å². The predicted octanol–water partition coefficient (Wildman–Crippen LogP) is 5.84. The highest BCUT2D eigenvalue weighted by atomic mass is 16.6. The number of amides is 1. The molecule has 1 aliphatic heterocycles. The molecule has 3 aliphatic carbocycles. The summed E-state index contributed by atoms with van der Waals surface area (Å²) in [5.41, 5.74) is 2.97. The molecule has 1 aromatic rings. The Balaban J connectivity index is 1.33. The third-order valence-corrected chi connectivity index (χ3v) is 10.4.